The van der Waals surface area contributed by atoms with Crippen molar-refractivity contribution in [3.63, 3.8) is 0 Å². The zero-order chi connectivity index (χ0) is 19.9. The third-order valence-corrected chi connectivity index (χ3v) is 4.28. The second-order valence-electron chi connectivity index (χ2n) is 6.29. The summed E-state index contributed by atoms with van der Waals surface area (Å²) >= 11 is 0. The highest BCUT2D eigenvalue weighted by Crippen LogP contribution is 2.29. The molecule has 0 bridgehead atoms. The van der Waals surface area contributed by atoms with Crippen molar-refractivity contribution in [1.29, 1.82) is 0 Å². The Morgan fingerprint density at radius 3 is 2.39 bits per heavy atom. The number of aryl methyl sites for hydroxylation is 1. The summed E-state index contributed by atoms with van der Waals surface area (Å²) in [5.41, 5.74) is 3.11. The van der Waals surface area contributed by atoms with Gasteiger partial charge in [0, 0.05) is 6.07 Å². The zero-order valence-electron chi connectivity index (χ0n) is 16.2. The largest absolute Gasteiger partial charge is 0.497 e. The minimum atomic E-state index is -0.284. The molecule has 0 heterocycles. The number of anilines is 1. The van der Waals surface area contributed by atoms with E-state index in [1.54, 1.807) is 25.3 Å². The average molecular weight is 377 g/mol. The molecule has 0 saturated heterocycles. The van der Waals surface area contributed by atoms with Crippen molar-refractivity contribution in [3.8, 4) is 17.2 Å². The second-order valence-corrected chi connectivity index (χ2v) is 6.29. The van der Waals surface area contributed by atoms with Crippen LogP contribution >= 0.6 is 0 Å². The molecule has 0 aromatic heterocycles. The molecule has 3 aromatic carbocycles. The monoisotopic (exact) mass is 377 g/mol. The van der Waals surface area contributed by atoms with Crippen LogP contribution in [-0.4, -0.2) is 20.1 Å². The van der Waals surface area contributed by atoms with Crippen molar-refractivity contribution in [3.05, 3.63) is 83.4 Å². The van der Waals surface area contributed by atoms with Crippen LogP contribution in [0.4, 0.5) is 5.69 Å². The van der Waals surface area contributed by atoms with Gasteiger partial charge in [-0.2, -0.15) is 0 Å². The molecule has 28 heavy (non-hydrogen) atoms. The first-order chi connectivity index (χ1) is 13.6. The summed E-state index contributed by atoms with van der Waals surface area (Å²) in [4.78, 5) is 12.8. The summed E-state index contributed by atoms with van der Waals surface area (Å²) in [6, 6.07) is 20.6. The molecule has 0 aliphatic heterocycles. The molecule has 5 heteroatoms. The predicted octanol–water partition coefficient (Wildman–Crippen LogP) is 4.84. The van der Waals surface area contributed by atoms with Gasteiger partial charge in [0.05, 0.1) is 25.5 Å². The summed E-state index contributed by atoms with van der Waals surface area (Å²) in [5, 5.41) is 2.92. The first kappa shape index (κ1) is 19.3. The average Bonchev–Trinajstić information content (AvgIpc) is 2.74. The Hall–Kier alpha value is -3.47. The second kappa shape index (κ2) is 8.95. The molecule has 0 aliphatic carbocycles. The van der Waals surface area contributed by atoms with Gasteiger partial charge in [-0.1, -0.05) is 36.4 Å². The molecule has 0 radical (unpaired) electrons. The summed E-state index contributed by atoms with van der Waals surface area (Å²) in [6.45, 7) is 2.40. The molecular formula is C23H23NO4. The van der Waals surface area contributed by atoms with Gasteiger partial charge in [-0.05, 0) is 42.3 Å². The first-order valence-corrected chi connectivity index (χ1v) is 8.91. The normalized spacial score (nSPS) is 10.2. The molecule has 1 N–H and O–H groups in total. The molecule has 3 rings (SSSR count). The van der Waals surface area contributed by atoms with Gasteiger partial charge in [0.25, 0.3) is 5.91 Å². The van der Waals surface area contributed by atoms with E-state index in [1.807, 2.05) is 55.5 Å². The highest BCUT2D eigenvalue weighted by atomic mass is 16.5. The summed E-state index contributed by atoms with van der Waals surface area (Å²) in [5.74, 6) is 1.39. The molecule has 0 aliphatic rings. The fraction of sp³-hybridized carbons (Fsp3) is 0.174. The van der Waals surface area contributed by atoms with Crippen LogP contribution in [0, 0.1) is 6.92 Å². The van der Waals surface area contributed by atoms with Gasteiger partial charge in [-0.3, -0.25) is 4.79 Å². The van der Waals surface area contributed by atoms with Crippen LogP contribution < -0.4 is 19.5 Å². The summed E-state index contributed by atoms with van der Waals surface area (Å²) in [7, 11) is 3.09. The SMILES string of the molecule is COc1ccc(C(=O)Nc2ccc(C)cc2OCc2ccccc2)c(OC)c1. The smallest absolute Gasteiger partial charge is 0.259 e. The number of hydrogen-bond donors (Lipinski definition) is 1. The van der Waals surface area contributed by atoms with Crippen LogP contribution in [0.2, 0.25) is 0 Å². The van der Waals surface area contributed by atoms with E-state index in [-0.39, 0.29) is 5.91 Å². The maximum Gasteiger partial charge on any atom is 0.259 e. The third kappa shape index (κ3) is 4.62. The number of ether oxygens (including phenoxy) is 3. The lowest BCUT2D eigenvalue weighted by Gasteiger charge is -2.15. The minimum absolute atomic E-state index is 0.284. The summed E-state index contributed by atoms with van der Waals surface area (Å²) < 4.78 is 16.5. The van der Waals surface area contributed by atoms with E-state index in [0.29, 0.717) is 35.1 Å². The van der Waals surface area contributed by atoms with Gasteiger partial charge in [0.15, 0.2) is 0 Å². The lowest BCUT2D eigenvalue weighted by Crippen LogP contribution is -2.14. The Bertz CT molecular complexity index is 954. The van der Waals surface area contributed by atoms with E-state index in [9.17, 15) is 4.79 Å². The lowest BCUT2D eigenvalue weighted by atomic mass is 10.1. The Labute approximate surface area is 164 Å². The predicted molar refractivity (Wildman–Crippen MR) is 109 cm³/mol. The van der Waals surface area contributed by atoms with Crippen LogP contribution in [0.3, 0.4) is 0 Å². The molecule has 0 unspecified atom stereocenters. The van der Waals surface area contributed by atoms with Gasteiger partial charge in [0.1, 0.15) is 23.9 Å². The van der Waals surface area contributed by atoms with E-state index >= 15 is 0 Å². The highest BCUT2D eigenvalue weighted by Gasteiger charge is 2.16. The fourth-order valence-electron chi connectivity index (χ4n) is 2.76. The number of benzene rings is 3. The van der Waals surface area contributed by atoms with Crippen molar-refractivity contribution in [2.45, 2.75) is 13.5 Å². The van der Waals surface area contributed by atoms with Crippen molar-refractivity contribution in [1.82, 2.24) is 0 Å². The molecule has 5 nitrogen and oxygen atoms in total. The van der Waals surface area contributed by atoms with E-state index in [0.717, 1.165) is 11.1 Å². The topological polar surface area (TPSA) is 56.8 Å². The molecule has 0 fully saturated rings. The number of carbonyl (C=O) groups is 1. The van der Waals surface area contributed by atoms with Crippen molar-refractivity contribution >= 4 is 11.6 Å². The van der Waals surface area contributed by atoms with Gasteiger partial charge in [-0.15, -0.1) is 0 Å². The van der Waals surface area contributed by atoms with Crippen LogP contribution in [0.1, 0.15) is 21.5 Å². The third-order valence-electron chi connectivity index (χ3n) is 4.28. The Balaban J connectivity index is 1.81. The standard InChI is InChI=1S/C23H23NO4/c1-16-9-12-20(22(13-16)28-15-17-7-5-4-6-8-17)24-23(25)19-11-10-18(26-2)14-21(19)27-3/h4-14H,15H2,1-3H3,(H,24,25). The Kier molecular flexibility index (Phi) is 6.17. The number of methoxy groups -OCH3 is 2. The molecule has 0 spiro atoms. The maximum atomic E-state index is 12.8. The molecule has 144 valence electrons. The molecule has 1 amide bonds. The van der Waals surface area contributed by atoms with Gasteiger partial charge in [0.2, 0.25) is 0 Å². The number of hydrogen-bond acceptors (Lipinski definition) is 4. The number of carbonyl (C=O) groups excluding carboxylic acids is 1. The zero-order valence-corrected chi connectivity index (χ0v) is 16.2. The van der Waals surface area contributed by atoms with Crippen LogP contribution in [0.15, 0.2) is 66.7 Å². The van der Waals surface area contributed by atoms with E-state index in [4.69, 9.17) is 14.2 Å². The Morgan fingerprint density at radius 2 is 1.68 bits per heavy atom. The fourth-order valence-corrected chi connectivity index (χ4v) is 2.76. The quantitative estimate of drug-likeness (QED) is 0.640. The molecule has 0 atom stereocenters. The van der Waals surface area contributed by atoms with Gasteiger partial charge >= 0.3 is 0 Å². The number of amides is 1. The van der Waals surface area contributed by atoms with Crippen LogP contribution in [-0.2, 0) is 6.61 Å². The molecular weight excluding hydrogens is 354 g/mol. The number of nitrogens with one attached hydrogen (secondary N) is 1. The Morgan fingerprint density at radius 1 is 0.893 bits per heavy atom. The highest BCUT2D eigenvalue weighted by molar-refractivity contribution is 6.07. The minimum Gasteiger partial charge on any atom is -0.497 e. The lowest BCUT2D eigenvalue weighted by molar-refractivity contribution is 0.102. The van der Waals surface area contributed by atoms with Crippen molar-refractivity contribution in [2.75, 3.05) is 19.5 Å². The van der Waals surface area contributed by atoms with Crippen molar-refractivity contribution < 1.29 is 19.0 Å². The van der Waals surface area contributed by atoms with E-state index in [1.165, 1.54) is 7.11 Å². The first-order valence-electron chi connectivity index (χ1n) is 8.91. The maximum absolute atomic E-state index is 12.8. The summed E-state index contributed by atoms with van der Waals surface area (Å²) in [6.07, 6.45) is 0. The van der Waals surface area contributed by atoms with Gasteiger partial charge < -0.3 is 19.5 Å². The van der Waals surface area contributed by atoms with Crippen LogP contribution in [0.25, 0.3) is 0 Å². The van der Waals surface area contributed by atoms with E-state index < -0.39 is 0 Å². The van der Waals surface area contributed by atoms with Gasteiger partial charge in [-0.25, -0.2) is 0 Å². The van der Waals surface area contributed by atoms with Crippen molar-refractivity contribution in [2.24, 2.45) is 0 Å². The molecule has 0 saturated carbocycles. The number of rotatable bonds is 7. The van der Waals surface area contributed by atoms with E-state index in [2.05, 4.69) is 5.32 Å². The van der Waals surface area contributed by atoms with Crippen LogP contribution in [0.5, 0.6) is 17.2 Å². The molecule has 3 aromatic rings.